The van der Waals surface area contributed by atoms with Gasteiger partial charge in [0.25, 0.3) is 0 Å². The van der Waals surface area contributed by atoms with Crippen LogP contribution in [0.4, 0.5) is 0 Å². The molecule has 1 heterocycles. The van der Waals surface area contributed by atoms with Gasteiger partial charge in [-0.1, -0.05) is 39.0 Å². The first kappa shape index (κ1) is 11.7. The second kappa shape index (κ2) is 7.00. The maximum atomic E-state index is 4.39. The van der Waals surface area contributed by atoms with Crippen LogP contribution in [-0.2, 0) is 6.42 Å². The van der Waals surface area contributed by atoms with Crippen LogP contribution in [0, 0.1) is 6.92 Å². The van der Waals surface area contributed by atoms with Gasteiger partial charge in [-0.2, -0.15) is 0 Å². The summed E-state index contributed by atoms with van der Waals surface area (Å²) in [4.78, 5) is 0. The van der Waals surface area contributed by atoms with Crippen molar-refractivity contribution in [3.8, 4) is 0 Å². The van der Waals surface area contributed by atoms with Crippen molar-refractivity contribution >= 4 is 8.51 Å². The molecular formula is C11H21N2P. The number of hydrogen-bond acceptors (Lipinski definition) is 2. The molecule has 0 fully saturated rings. The third kappa shape index (κ3) is 4.23. The molecule has 0 aromatic carbocycles. The lowest BCUT2D eigenvalue weighted by Gasteiger charge is -1.99. The molecule has 0 saturated carbocycles. The van der Waals surface area contributed by atoms with Crippen LogP contribution < -0.4 is 0 Å². The highest BCUT2D eigenvalue weighted by molar-refractivity contribution is 7.20. The van der Waals surface area contributed by atoms with Crippen molar-refractivity contribution in [1.82, 2.24) is 9.49 Å². The normalized spacial score (nSPS) is 11.3. The average molecular weight is 212 g/mol. The molecule has 1 unspecified atom stereocenters. The van der Waals surface area contributed by atoms with E-state index in [1.165, 1.54) is 49.9 Å². The molecule has 1 aromatic heterocycles. The molecule has 0 aliphatic heterocycles. The Morgan fingerprint density at radius 1 is 1.00 bits per heavy atom. The summed E-state index contributed by atoms with van der Waals surface area (Å²) in [6.45, 7) is 4.34. The van der Waals surface area contributed by atoms with Crippen LogP contribution in [0.3, 0.4) is 0 Å². The summed E-state index contributed by atoms with van der Waals surface area (Å²) >= 11 is 0. The zero-order valence-electron chi connectivity index (χ0n) is 9.34. The Morgan fingerprint density at radius 3 is 2.36 bits per heavy atom. The molecule has 0 radical (unpaired) electrons. The Bertz CT molecular complexity index is 245. The molecule has 0 saturated heterocycles. The summed E-state index contributed by atoms with van der Waals surface area (Å²) in [7, 11) is 0.457. The smallest absolute Gasteiger partial charge is 0.0675 e. The predicted molar refractivity (Wildman–Crippen MR) is 63.4 cm³/mol. The molecular weight excluding hydrogens is 191 g/mol. The van der Waals surface area contributed by atoms with Gasteiger partial charge in [0.2, 0.25) is 0 Å². The van der Waals surface area contributed by atoms with E-state index in [4.69, 9.17) is 0 Å². The first-order chi connectivity index (χ1) is 6.84. The van der Waals surface area contributed by atoms with E-state index in [9.17, 15) is 0 Å². The van der Waals surface area contributed by atoms with Crippen molar-refractivity contribution in [2.45, 2.75) is 58.8 Å². The third-order valence-corrected chi connectivity index (χ3v) is 3.39. The Balaban J connectivity index is 2.02. The van der Waals surface area contributed by atoms with Gasteiger partial charge in [-0.25, -0.2) is 9.49 Å². The zero-order chi connectivity index (χ0) is 10.2. The summed E-state index contributed by atoms with van der Waals surface area (Å²) in [6, 6.07) is 0. The second-order valence-corrected chi connectivity index (χ2v) is 4.52. The first-order valence-corrected chi connectivity index (χ1v) is 6.60. The maximum Gasteiger partial charge on any atom is 0.0675 e. The van der Waals surface area contributed by atoms with Gasteiger partial charge in [0.15, 0.2) is 0 Å². The van der Waals surface area contributed by atoms with Gasteiger partial charge in [-0.05, 0) is 19.8 Å². The molecule has 1 rings (SSSR count). The number of unbranched alkanes of at least 4 members (excludes halogenated alkanes) is 5. The Labute approximate surface area is 88.8 Å². The highest BCUT2D eigenvalue weighted by Crippen LogP contribution is 2.12. The summed E-state index contributed by atoms with van der Waals surface area (Å²) < 4.78 is 8.68. The minimum absolute atomic E-state index is 0.457. The molecule has 3 heteroatoms. The fraction of sp³-hybridized carbons (Fsp3) is 0.818. The van der Waals surface area contributed by atoms with Crippen LogP contribution in [0.2, 0.25) is 0 Å². The largest absolute Gasteiger partial charge is 0.225 e. The zero-order valence-corrected chi connectivity index (χ0v) is 10.3. The van der Waals surface area contributed by atoms with E-state index >= 15 is 0 Å². The van der Waals surface area contributed by atoms with Crippen molar-refractivity contribution in [1.29, 1.82) is 0 Å². The van der Waals surface area contributed by atoms with E-state index in [2.05, 4.69) is 23.3 Å². The van der Waals surface area contributed by atoms with E-state index in [0.717, 1.165) is 6.42 Å². The number of hydrogen-bond donors (Lipinski definition) is 0. The van der Waals surface area contributed by atoms with E-state index in [1.54, 1.807) is 0 Å². The average Bonchev–Trinajstić information content (AvgIpc) is 2.58. The summed E-state index contributed by atoms with van der Waals surface area (Å²) in [6.07, 6.45) is 9.31. The number of aryl methyl sites for hydroxylation is 2. The Hall–Kier alpha value is -0.360. The number of nitrogens with zero attached hydrogens (tertiary/aromatic N) is 2. The third-order valence-electron chi connectivity index (χ3n) is 2.59. The van der Waals surface area contributed by atoms with Gasteiger partial charge < -0.3 is 0 Å². The molecule has 2 nitrogen and oxygen atoms in total. The predicted octanol–water partition coefficient (Wildman–Crippen LogP) is 3.72. The van der Waals surface area contributed by atoms with E-state index in [-0.39, 0.29) is 0 Å². The lowest BCUT2D eigenvalue weighted by molar-refractivity contribution is 0.605. The molecule has 0 amide bonds. The quantitative estimate of drug-likeness (QED) is 0.644. The van der Waals surface area contributed by atoms with E-state index in [0.29, 0.717) is 8.51 Å². The fourth-order valence-electron chi connectivity index (χ4n) is 1.62. The van der Waals surface area contributed by atoms with Crippen LogP contribution >= 0.6 is 8.51 Å². The molecule has 0 aliphatic rings. The monoisotopic (exact) mass is 212 g/mol. The van der Waals surface area contributed by atoms with E-state index < -0.39 is 0 Å². The Morgan fingerprint density at radius 2 is 1.71 bits per heavy atom. The van der Waals surface area contributed by atoms with Gasteiger partial charge in [-0.3, -0.25) is 0 Å². The number of rotatable bonds is 7. The molecule has 80 valence electrons. The lowest BCUT2D eigenvalue weighted by atomic mass is 10.1. The minimum atomic E-state index is 0.457. The van der Waals surface area contributed by atoms with Gasteiger partial charge in [-0.15, -0.1) is 0 Å². The van der Waals surface area contributed by atoms with Gasteiger partial charge in [0.1, 0.15) is 0 Å². The molecule has 0 bridgehead atoms. The van der Waals surface area contributed by atoms with Crippen molar-refractivity contribution in [3.63, 3.8) is 0 Å². The first-order valence-electron chi connectivity index (χ1n) is 5.71. The van der Waals surface area contributed by atoms with Crippen molar-refractivity contribution in [2.75, 3.05) is 0 Å². The molecule has 14 heavy (non-hydrogen) atoms. The summed E-state index contributed by atoms with van der Waals surface area (Å²) in [5.74, 6) is 0. The van der Waals surface area contributed by atoms with Crippen molar-refractivity contribution < 1.29 is 0 Å². The Kier molecular flexibility index (Phi) is 5.86. The van der Waals surface area contributed by atoms with Crippen LogP contribution in [0.15, 0.2) is 0 Å². The maximum absolute atomic E-state index is 4.39. The van der Waals surface area contributed by atoms with Crippen molar-refractivity contribution in [2.24, 2.45) is 0 Å². The van der Waals surface area contributed by atoms with Crippen LogP contribution in [0.25, 0.3) is 0 Å². The highest BCUT2D eigenvalue weighted by Gasteiger charge is 2.00. The SMILES string of the molecule is CCCCCCCCc1n[pH]nc1C. The van der Waals surface area contributed by atoms with Gasteiger partial charge in [0.05, 0.1) is 19.9 Å². The molecule has 0 N–H and O–H groups in total. The summed E-state index contributed by atoms with van der Waals surface area (Å²) in [5.41, 5.74) is 2.44. The van der Waals surface area contributed by atoms with Crippen LogP contribution in [-0.4, -0.2) is 9.49 Å². The van der Waals surface area contributed by atoms with E-state index in [1.807, 2.05) is 0 Å². The van der Waals surface area contributed by atoms with Crippen LogP contribution in [0.5, 0.6) is 0 Å². The van der Waals surface area contributed by atoms with Crippen molar-refractivity contribution in [3.05, 3.63) is 11.4 Å². The molecule has 0 aliphatic carbocycles. The van der Waals surface area contributed by atoms with Gasteiger partial charge >= 0.3 is 0 Å². The lowest BCUT2D eigenvalue weighted by Crippen LogP contribution is -1.89. The standard InChI is InChI=1S/C11H21N2P/c1-3-4-5-6-7-8-9-11-10(2)12-14-13-11/h14H,3-9H2,1-2H3. The topological polar surface area (TPSA) is 25.8 Å². The molecule has 1 atom stereocenters. The number of aromatic nitrogens is 2. The molecule has 1 aromatic rings. The molecule has 0 spiro atoms. The fourth-order valence-corrected chi connectivity index (χ4v) is 2.34. The minimum Gasteiger partial charge on any atom is -0.225 e. The highest BCUT2D eigenvalue weighted by atomic mass is 31.1. The summed E-state index contributed by atoms with van der Waals surface area (Å²) in [5, 5.41) is 0. The van der Waals surface area contributed by atoms with Crippen LogP contribution in [0.1, 0.15) is 56.8 Å². The second-order valence-electron chi connectivity index (χ2n) is 3.87. The van der Waals surface area contributed by atoms with Gasteiger partial charge in [0, 0.05) is 0 Å².